The van der Waals surface area contributed by atoms with Gasteiger partial charge >= 0.3 is 0 Å². The number of nitrogens with one attached hydrogen (secondary N) is 1. The van der Waals surface area contributed by atoms with Gasteiger partial charge in [-0.2, -0.15) is 0 Å². The lowest BCUT2D eigenvalue weighted by Crippen LogP contribution is -2.41. The smallest absolute Gasteiger partial charge is 0.223 e. The summed E-state index contributed by atoms with van der Waals surface area (Å²) in [5.41, 5.74) is 0. The number of hydrogen-bond acceptors (Lipinski definition) is 4. The molecule has 1 N–H and O–H groups in total. The first-order valence-electron chi connectivity index (χ1n) is 8.24. The van der Waals surface area contributed by atoms with Crippen molar-refractivity contribution in [1.82, 2.24) is 15.3 Å². The van der Waals surface area contributed by atoms with Crippen LogP contribution in [0, 0.1) is 5.92 Å². The molecule has 5 nitrogen and oxygen atoms in total. The molecule has 1 aromatic heterocycles. The van der Waals surface area contributed by atoms with E-state index in [1.165, 1.54) is 12.8 Å². The number of carbonyl (C=O) groups is 1. The highest BCUT2D eigenvalue weighted by Gasteiger charge is 2.29. The van der Waals surface area contributed by atoms with Crippen LogP contribution in [0.1, 0.15) is 50.8 Å². The van der Waals surface area contributed by atoms with Gasteiger partial charge in [0.15, 0.2) is 0 Å². The number of piperidine rings is 1. The standard InChI is InChI=1S/C16H23ClN4O/c1-2-7-18-16(22)12-5-8-21(9-6-12)14-10-13(17)19-15(20-14)11-3-4-11/h10-12H,2-9H2,1H3,(H,18,22). The van der Waals surface area contributed by atoms with Crippen molar-refractivity contribution in [3.63, 3.8) is 0 Å². The van der Waals surface area contributed by atoms with Crippen molar-refractivity contribution in [2.75, 3.05) is 24.5 Å². The van der Waals surface area contributed by atoms with E-state index >= 15 is 0 Å². The number of aromatic nitrogens is 2. The first-order valence-corrected chi connectivity index (χ1v) is 8.62. The fourth-order valence-corrected chi connectivity index (χ4v) is 3.06. The van der Waals surface area contributed by atoms with Gasteiger partial charge in [0.05, 0.1) is 0 Å². The van der Waals surface area contributed by atoms with Crippen LogP contribution in [0.2, 0.25) is 5.15 Å². The number of amides is 1. The Bertz CT molecular complexity index is 539. The van der Waals surface area contributed by atoms with Gasteiger partial charge in [-0.15, -0.1) is 0 Å². The van der Waals surface area contributed by atoms with Crippen LogP contribution in [0.3, 0.4) is 0 Å². The highest BCUT2D eigenvalue weighted by Crippen LogP contribution is 2.39. The van der Waals surface area contributed by atoms with Gasteiger partial charge in [-0.25, -0.2) is 9.97 Å². The van der Waals surface area contributed by atoms with Gasteiger partial charge < -0.3 is 10.2 Å². The summed E-state index contributed by atoms with van der Waals surface area (Å²) < 4.78 is 0. The van der Waals surface area contributed by atoms with Gasteiger partial charge in [0.1, 0.15) is 16.8 Å². The minimum Gasteiger partial charge on any atom is -0.356 e. The summed E-state index contributed by atoms with van der Waals surface area (Å²) in [5.74, 6) is 2.61. The Morgan fingerprint density at radius 3 is 2.68 bits per heavy atom. The molecule has 0 spiro atoms. The van der Waals surface area contributed by atoms with E-state index in [4.69, 9.17) is 11.6 Å². The second-order valence-corrected chi connectivity index (χ2v) is 6.62. The van der Waals surface area contributed by atoms with E-state index in [0.29, 0.717) is 11.1 Å². The third-order valence-electron chi connectivity index (χ3n) is 4.38. The molecule has 3 rings (SSSR count). The van der Waals surface area contributed by atoms with Crippen LogP contribution in [0.4, 0.5) is 5.82 Å². The maximum Gasteiger partial charge on any atom is 0.223 e. The van der Waals surface area contributed by atoms with Crippen LogP contribution in [0.15, 0.2) is 6.07 Å². The zero-order valence-corrected chi connectivity index (χ0v) is 13.8. The molecule has 0 atom stereocenters. The lowest BCUT2D eigenvalue weighted by atomic mass is 9.96. The van der Waals surface area contributed by atoms with E-state index in [2.05, 4.69) is 27.1 Å². The Hall–Kier alpha value is -1.36. The Labute approximate surface area is 136 Å². The van der Waals surface area contributed by atoms with Gasteiger partial charge in [-0.3, -0.25) is 4.79 Å². The average Bonchev–Trinajstić information content (AvgIpc) is 3.37. The minimum atomic E-state index is 0.128. The maximum atomic E-state index is 12.0. The number of carbonyl (C=O) groups excluding carboxylic acids is 1. The Balaban J connectivity index is 1.60. The molecular formula is C16H23ClN4O. The Kier molecular flexibility index (Phi) is 4.81. The van der Waals surface area contributed by atoms with E-state index in [9.17, 15) is 4.79 Å². The number of halogens is 1. The van der Waals surface area contributed by atoms with E-state index in [0.717, 1.165) is 50.5 Å². The molecule has 1 aliphatic carbocycles. The zero-order valence-electron chi connectivity index (χ0n) is 13.0. The average molecular weight is 323 g/mol. The van der Waals surface area contributed by atoms with Crippen LogP contribution in [-0.2, 0) is 4.79 Å². The predicted molar refractivity (Wildman–Crippen MR) is 87.3 cm³/mol. The molecule has 1 amide bonds. The molecule has 0 bridgehead atoms. The molecule has 2 heterocycles. The van der Waals surface area contributed by atoms with Gasteiger partial charge in [0.2, 0.25) is 5.91 Å². The second-order valence-electron chi connectivity index (χ2n) is 6.23. The van der Waals surface area contributed by atoms with Crippen molar-refractivity contribution in [1.29, 1.82) is 0 Å². The third-order valence-corrected chi connectivity index (χ3v) is 4.57. The van der Waals surface area contributed by atoms with Crippen molar-refractivity contribution in [3.8, 4) is 0 Å². The molecule has 0 aromatic carbocycles. The maximum absolute atomic E-state index is 12.0. The summed E-state index contributed by atoms with van der Waals surface area (Å²) in [6.45, 7) is 4.54. The molecule has 1 saturated carbocycles. The summed E-state index contributed by atoms with van der Waals surface area (Å²) in [5, 5.41) is 3.52. The Morgan fingerprint density at radius 2 is 2.05 bits per heavy atom. The van der Waals surface area contributed by atoms with E-state index < -0.39 is 0 Å². The largest absolute Gasteiger partial charge is 0.356 e. The summed E-state index contributed by atoms with van der Waals surface area (Å²) >= 11 is 6.14. The number of rotatable bonds is 5. The fourth-order valence-electron chi connectivity index (χ4n) is 2.87. The van der Waals surface area contributed by atoms with Gasteiger partial charge in [-0.05, 0) is 32.1 Å². The lowest BCUT2D eigenvalue weighted by Gasteiger charge is -2.32. The molecular weight excluding hydrogens is 300 g/mol. The first kappa shape index (κ1) is 15.5. The van der Waals surface area contributed by atoms with Crippen molar-refractivity contribution in [2.45, 2.75) is 44.9 Å². The second kappa shape index (κ2) is 6.82. The zero-order chi connectivity index (χ0) is 15.5. The number of anilines is 1. The molecule has 6 heteroatoms. The monoisotopic (exact) mass is 322 g/mol. The van der Waals surface area contributed by atoms with Crippen molar-refractivity contribution < 1.29 is 4.79 Å². The molecule has 1 aromatic rings. The summed E-state index contributed by atoms with van der Waals surface area (Å²) in [7, 11) is 0. The summed E-state index contributed by atoms with van der Waals surface area (Å²) in [6, 6.07) is 1.84. The van der Waals surface area contributed by atoms with Crippen LogP contribution < -0.4 is 10.2 Å². The molecule has 2 fully saturated rings. The quantitative estimate of drug-likeness (QED) is 0.847. The molecule has 1 saturated heterocycles. The highest BCUT2D eigenvalue weighted by molar-refractivity contribution is 6.29. The van der Waals surface area contributed by atoms with Crippen molar-refractivity contribution in [3.05, 3.63) is 17.0 Å². The third kappa shape index (κ3) is 3.69. The molecule has 2 aliphatic rings. The summed E-state index contributed by atoms with van der Waals surface area (Å²) in [4.78, 5) is 23.3. The first-order chi connectivity index (χ1) is 10.7. The number of nitrogens with zero attached hydrogens (tertiary/aromatic N) is 3. The lowest BCUT2D eigenvalue weighted by molar-refractivity contribution is -0.125. The van der Waals surface area contributed by atoms with Gasteiger partial charge in [0.25, 0.3) is 0 Å². The van der Waals surface area contributed by atoms with E-state index in [1.54, 1.807) is 0 Å². The fraction of sp³-hybridized carbons (Fsp3) is 0.688. The molecule has 1 aliphatic heterocycles. The van der Waals surface area contributed by atoms with Crippen molar-refractivity contribution in [2.24, 2.45) is 5.92 Å². The molecule has 22 heavy (non-hydrogen) atoms. The van der Waals surface area contributed by atoms with Crippen molar-refractivity contribution >= 4 is 23.3 Å². The predicted octanol–water partition coefficient (Wildman–Crippen LogP) is 2.75. The molecule has 120 valence electrons. The molecule has 0 unspecified atom stereocenters. The SMILES string of the molecule is CCCNC(=O)C1CCN(c2cc(Cl)nc(C3CC3)n2)CC1. The highest BCUT2D eigenvalue weighted by atomic mass is 35.5. The van der Waals surface area contributed by atoms with Crippen LogP contribution in [-0.4, -0.2) is 35.5 Å². The molecule has 0 radical (unpaired) electrons. The van der Waals surface area contributed by atoms with Crippen LogP contribution in [0.5, 0.6) is 0 Å². The normalized spacial score (nSPS) is 19.3. The Morgan fingerprint density at radius 1 is 1.32 bits per heavy atom. The van der Waals surface area contributed by atoms with E-state index in [-0.39, 0.29) is 11.8 Å². The number of hydrogen-bond donors (Lipinski definition) is 1. The topological polar surface area (TPSA) is 58.1 Å². The van der Waals surface area contributed by atoms with Gasteiger partial charge in [-0.1, -0.05) is 18.5 Å². The van der Waals surface area contributed by atoms with Crippen LogP contribution >= 0.6 is 11.6 Å². The van der Waals surface area contributed by atoms with Gasteiger partial charge in [0, 0.05) is 37.5 Å². The van der Waals surface area contributed by atoms with Crippen LogP contribution in [0.25, 0.3) is 0 Å². The van der Waals surface area contributed by atoms with E-state index in [1.807, 2.05) is 6.07 Å². The minimum absolute atomic E-state index is 0.128. The summed E-state index contributed by atoms with van der Waals surface area (Å²) in [6.07, 6.45) is 5.05.